The first kappa shape index (κ1) is 22.2. The number of esters is 2. The van der Waals surface area contributed by atoms with Crippen LogP contribution in [0.1, 0.15) is 64.2 Å². The molecule has 8 nitrogen and oxygen atoms in total. The van der Waals surface area contributed by atoms with Gasteiger partial charge in [0.15, 0.2) is 0 Å². The molecule has 0 aromatic carbocycles. The number of aliphatic carboxylic acids is 2. The maximum atomic E-state index is 12.1. The summed E-state index contributed by atoms with van der Waals surface area (Å²) in [5.74, 6) is -6.29. The van der Waals surface area contributed by atoms with Crippen molar-refractivity contribution in [2.45, 2.75) is 64.2 Å². The van der Waals surface area contributed by atoms with Crippen molar-refractivity contribution in [2.24, 2.45) is 23.7 Å². The van der Waals surface area contributed by atoms with Crippen molar-refractivity contribution in [3.63, 3.8) is 0 Å². The van der Waals surface area contributed by atoms with E-state index in [0.29, 0.717) is 38.5 Å². The topological polar surface area (TPSA) is 133 Å². The van der Waals surface area contributed by atoms with Gasteiger partial charge in [0.05, 0.1) is 25.0 Å². The molecule has 8 heteroatoms. The Labute approximate surface area is 164 Å². The van der Waals surface area contributed by atoms with Crippen molar-refractivity contribution in [2.75, 3.05) is 13.2 Å². The molecule has 158 valence electrons. The highest BCUT2D eigenvalue weighted by atomic mass is 16.5. The zero-order chi connectivity index (χ0) is 20.5. The number of hydrogen-bond acceptors (Lipinski definition) is 8. The van der Waals surface area contributed by atoms with Crippen molar-refractivity contribution in [3.8, 4) is 0 Å². The Kier molecular flexibility index (Phi) is 8.73. The first-order chi connectivity index (χ1) is 13.4. The Morgan fingerprint density at radius 2 is 0.929 bits per heavy atom. The van der Waals surface area contributed by atoms with Gasteiger partial charge in [0.2, 0.25) is 0 Å². The first-order valence-corrected chi connectivity index (χ1v) is 10.2. The van der Waals surface area contributed by atoms with Crippen molar-refractivity contribution in [1.82, 2.24) is 0 Å². The average Bonchev–Trinajstić information content (AvgIpc) is 2.70. The monoisotopic (exact) mass is 396 g/mol. The molecule has 0 bridgehead atoms. The summed E-state index contributed by atoms with van der Waals surface area (Å²) in [4.78, 5) is 46.5. The second-order valence-electron chi connectivity index (χ2n) is 7.68. The summed E-state index contributed by atoms with van der Waals surface area (Å²) in [6, 6.07) is 0. The predicted octanol–water partition coefficient (Wildman–Crippen LogP) is -0.0344. The summed E-state index contributed by atoms with van der Waals surface area (Å²) in [6.07, 6.45) is 5.94. The highest BCUT2D eigenvalue weighted by Crippen LogP contribution is 2.31. The summed E-state index contributed by atoms with van der Waals surface area (Å²) < 4.78 is 10.4. The van der Waals surface area contributed by atoms with E-state index in [9.17, 15) is 29.4 Å². The minimum Gasteiger partial charge on any atom is -0.550 e. The van der Waals surface area contributed by atoms with Crippen LogP contribution in [0.3, 0.4) is 0 Å². The van der Waals surface area contributed by atoms with Gasteiger partial charge in [-0.3, -0.25) is 9.59 Å². The van der Waals surface area contributed by atoms with Crippen LogP contribution in [0.2, 0.25) is 0 Å². The van der Waals surface area contributed by atoms with Gasteiger partial charge in [0.25, 0.3) is 0 Å². The summed E-state index contributed by atoms with van der Waals surface area (Å²) in [5, 5.41) is 22.3. The third-order valence-electron chi connectivity index (χ3n) is 5.77. The average molecular weight is 396 g/mol. The number of ether oxygens (including phenoxy) is 2. The van der Waals surface area contributed by atoms with E-state index in [1.807, 2.05) is 0 Å². The van der Waals surface area contributed by atoms with E-state index < -0.39 is 47.5 Å². The third-order valence-corrected chi connectivity index (χ3v) is 5.77. The van der Waals surface area contributed by atoms with Gasteiger partial charge >= 0.3 is 11.9 Å². The zero-order valence-corrected chi connectivity index (χ0v) is 16.1. The second kappa shape index (κ2) is 11.0. The Morgan fingerprint density at radius 1 is 0.607 bits per heavy atom. The molecule has 0 amide bonds. The molecule has 2 rings (SSSR count). The molecule has 0 aliphatic heterocycles. The molecule has 0 aromatic heterocycles. The molecule has 2 fully saturated rings. The number of carboxylic acid groups (broad SMARTS) is 2. The molecule has 2 saturated carbocycles. The van der Waals surface area contributed by atoms with Gasteiger partial charge in [-0.25, -0.2) is 0 Å². The van der Waals surface area contributed by atoms with Gasteiger partial charge < -0.3 is 29.3 Å². The van der Waals surface area contributed by atoms with E-state index in [4.69, 9.17) is 9.47 Å². The molecule has 0 radical (unpaired) electrons. The van der Waals surface area contributed by atoms with E-state index in [1.54, 1.807) is 0 Å². The quantitative estimate of drug-likeness (QED) is 0.392. The minimum atomic E-state index is -1.20. The highest BCUT2D eigenvalue weighted by Gasteiger charge is 2.34. The fourth-order valence-corrected chi connectivity index (χ4v) is 4.15. The van der Waals surface area contributed by atoms with E-state index in [2.05, 4.69) is 0 Å². The Bertz CT molecular complexity index is 523. The van der Waals surface area contributed by atoms with Crippen LogP contribution >= 0.6 is 0 Å². The van der Waals surface area contributed by atoms with Crippen molar-refractivity contribution < 1.29 is 38.9 Å². The van der Waals surface area contributed by atoms with Crippen LogP contribution in [-0.4, -0.2) is 37.1 Å². The molecule has 0 heterocycles. The van der Waals surface area contributed by atoms with E-state index >= 15 is 0 Å². The normalized spacial score (nSPS) is 27.6. The fourth-order valence-electron chi connectivity index (χ4n) is 4.15. The lowest BCUT2D eigenvalue weighted by atomic mass is 9.79. The molecule has 28 heavy (non-hydrogen) atoms. The number of unbranched alkanes of at least 4 members (excludes halogenated alkanes) is 1. The van der Waals surface area contributed by atoms with Crippen molar-refractivity contribution >= 4 is 23.9 Å². The van der Waals surface area contributed by atoms with Crippen LogP contribution in [-0.2, 0) is 28.7 Å². The predicted molar refractivity (Wildman–Crippen MR) is 92.1 cm³/mol. The Hall–Kier alpha value is -2.12. The van der Waals surface area contributed by atoms with E-state index in [0.717, 1.165) is 25.7 Å². The molecular formula is C20H28O8-2. The summed E-state index contributed by atoms with van der Waals surface area (Å²) in [6.45, 7) is 0.246. The van der Waals surface area contributed by atoms with Crippen LogP contribution in [0.25, 0.3) is 0 Å². The molecule has 0 aromatic rings. The molecule has 2 aliphatic rings. The van der Waals surface area contributed by atoms with Gasteiger partial charge in [0, 0.05) is 23.8 Å². The van der Waals surface area contributed by atoms with Crippen molar-refractivity contribution in [3.05, 3.63) is 0 Å². The van der Waals surface area contributed by atoms with Crippen molar-refractivity contribution in [1.29, 1.82) is 0 Å². The van der Waals surface area contributed by atoms with E-state index in [1.165, 1.54) is 0 Å². The first-order valence-electron chi connectivity index (χ1n) is 10.2. The highest BCUT2D eigenvalue weighted by molar-refractivity contribution is 5.81. The lowest BCUT2D eigenvalue weighted by molar-refractivity contribution is -0.315. The largest absolute Gasteiger partial charge is 0.550 e. The van der Waals surface area contributed by atoms with E-state index in [-0.39, 0.29) is 13.2 Å². The molecule has 0 unspecified atom stereocenters. The SMILES string of the molecule is O=C([O-])[C@H]1CCCC[C@H]1C(=O)OCCCCOC(=O)[C@@H]1CCCC[C@H]1C(=O)[O-]. The van der Waals surface area contributed by atoms with Crippen LogP contribution in [0, 0.1) is 23.7 Å². The Morgan fingerprint density at radius 3 is 1.25 bits per heavy atom. The van der Waals surface area contributed by atoms with Gasteiger partial charge in [0.1, 0.15) is 0 Å². The Balaban J connectivity index is 1.63. The van der Waals surface area contributed by atoms with Crippen LogP contribution in [0.5, 0.6) is 0 Å². The maximum absolute atomic E-state index is 12.1. The summed E-state index contributed by atoms with van der Waals surface area (Å²) in [7, 11) is 0. The number of carbonyl (C=O) groups excluding carboxylic acids is 4. The molecule has 0 N–H and O–H groups in total. The maximum Gasteiger partial charge on any atom is 0.309 e. The summed E-state index contributed by atoms with van der Waals surface area (Å²) in [5.41, 5.74) is 0. The van der Waals surface area contributed by atoms with Crippen LogP contribution in [0.4, 0.5) is 0 Å². The minimum absolute atomic E-state index is 0.123. The molecule has 2 aliphatic carbocycles. The molecule has 4 atom stereocenters. The second-order valence-corrected chi connectivity index (χ2v) is 7.68. The fraction of sp³-hybridized carbons (Fsp3) is 0.800. The smallest absolute Gasteiger partial charge is 0.309 e. The molecular weight excluding hydrogens is 368 g/mol. The molecule has 0 spiro atoms. The standard InChI is InChI=1S/C20H30O8/c21-17(22)13-7-1-3-9-15(13)19(25)27-11-5-6-12-28-20(26)16-10-4-2-8-14(16)18(23)24/h13-16H,1-12H2,(H,21,22)(H,23,24)/p-2/t13-,14+,15-,16-/m1/s1. The lowest BCUT2D eigenvalue weighted by Gasteiger charge is -2.30. The van der Waals surface area contributed by atoms with Gasteiger partial charge in [-0.1, -0.05) is 25.7 Å². The third kappa shape index (κ3) is 6.21. The lowest BCUT2D eigenvalue weighted by Crippen LogP contribution is -2.41. The zero-order valence-electron chi connectivity index (χ0n) is 16.1. The summed E-state index contributed by atoms with van der Waals surface area (Å²) >= 11 is 0. The van der Waals surface area contributed by atoms with Crippen LogP contribution in [0.15, 0.2) is 0 Å². The van der Waals surface area contributed by atoms with Gasteiger partial charge in [-0.2, -0.15) is 0 Å². The number of carboxylic acids is 2. The number of hydrogen-bond donors (Lipinski definition) is 0. The number of rotatable bonds is 9. The molecule has 0 saturated heterocycles. The van der Waals surface area contributed by atoms with Gasteiger partial charge in [-0.05, 0) is 38.5 Å². The van der Waals surface area contributed by atoms with Gasteiger partial charge in [-0.15, -0.1) is 0 Å². The van der Waals surface area contributed by atoms with Crippen LogP contribution < -0.4 is 10.2 Å². The number of carbonyl (C=O) groups is 4.